The predicted molar refractivity (Wildman–Crippen MR) is 55.6 cm³/mol. The van der Waals surface area contributed by atoms with Crippen LogP contribution in [-0.4, -0.2) is 27.6 Å². The number of hydrogen-bond donors (Lipinski definition) is 2. The molecule has 1 aromatic rings. The molecule has 1 aliphatic rings. The van der Waals surface area contributed by atoms with E-state index in [-0.39, 0.29) is 0 Å². The number of aromatic nitrogens is 2. The van der Waals surface area contributed by atoms with Gasteiger partial charge in [-0.3, -0.25) is 5.10 Å². The maximum absolute atomic E-state index is 13.9. The molecule has 2 heterocycles. The van der Waals surface area contributed by atoms with E-state index >= 15 is 0 Å². The molecule has 0 amide bonds. The van der Waals surface area contributed by atoms with Gasteiger partial charge in [0.2, 0.25) is 6.30 Å². The second kappa shape index (κ2) is 4.00. The van der Waals surface area contributed by atoms with Crippen LogP contribution < -0.4 is 4.90 Å². The Bertz CT molecular complexity index is 521. The molecule has 2 N–H and O–H groups in total. The molecule has 90 valence electrons. The Morgan fingerprint density at radius 2 is 2.35 bits per heavy atom. The highest BCUT2D eigenvalue weighted by Crippen LogP contribution is 2.29. The van der Waals surface area contributed by atoms with Crippen LogP contribution in [0.3, 0.4) is 0 Å². The molecular weight excluding hydrogens is 232 g/mol. The van der Waals surface area contributed by atoms with Gasteiger partial charge in [-0.05, 0) is 13.0 Å². The molecule has 1 atom stereocenters. The van der Waals surface area contributed by atoms with Crippen molar-refractivity contribution in [3.05, 3.63) is 35.6 Å². The van der Waals surface area contributed by atoms with E-state index < -0.39 is 23.7 Å². The van der Waals surface area contributed by atoms with Crippen LogP contribution in [0.4, 0.5) is 14.5 Å². The molecule has 17 heavy (non-hydrogen) atoms. The van der Waals surface area contributed by atoms with Gasteiger partial charge >= 0.3 is 5.97 Å². The lowest BCUT2D eigenvalue weighted by molar-refractivity contribution is -0.133. The van der Waals surface area contributed by atoms with Crippen molar-refractivity contribution in [2.75, 3.05) is 4.90 Å². The molecule has 0 saturated heterocycles. The molecule has 7 heteroatoms. The first kappa shape index (κ1) is 11.3. The number of allylic oxidation sites excluding steroid dienone is 2. The third-order valence-corrected chi connectivity index (χ3v) is 2.39. The van der Waals surface area contributed by atoms with Crippen LogP contribution in [0.5, 0.6) is 0 Å². The Hall–Kier alpha value is -2.18. The van der Waals surface area contributed by atoms with E-state index in [1.54, 1.807) is 6.92 Å². The van der Waals surface area contributed by atoms with Crippen molar-refractivity contribution in [1.82, 2.24) is 10.2 Å². The number of alkyl halides is 1. The number of carbonyl (C=O) groups is 1. The number of carboxylic acids is 1. The molecule has 1 unspecified atom stereocenters. The van der Waals surface area contributed by atoms with Crippen LogP contribution in [0.2, 0.25) is 0 Å². The fourth-order valence-corrected chi connectivity index (χ4v) is 1.56. The standard InChI is InChI=1S/C10H9F2N3O2/c1-5-8(3-13-14-5)15-4-6(11)2-7(9(15)12)10(16)17/h2-4,9H,1H3,(H,13,14)(H,16,17). The van der Waals surface area contributed by atoms with Gasteiger partial charge in [0, 0.05) is 6.20 Å². The number of carboxylic acid groups (broad SMARTS) is 1. The molecule has 1 aliphatic heterocycles. The number of aliphatic carboxylic acids is 1. The van der Waals surface area contributed by atoms with Gasteiger partial charge in [0.1, 0.15) is 5.83 Å². The summed E-state index contributed by atoms with van der Waals surface area (Å²) in [5, 5.41) is 15.0. The monoisotopic (exact) mass is 241 g/mol. The number of anilines is 1. The van der Waals surface area contributed by atoms with E-state index in [4.69, 9.17) is 5.11 Å². The third kappa shape index (κ3) is 1.91. The van der Waals surface area contributed by atoms with Crippen molar-refractivity contribution >= 4 is 11.7 Å². The van der Waals surface area contributed by atoms with Crippen molar-refractivity contribution in [1.29, 1.82) is 0 Å². The summed E-state index contributed by atoms with van der Waals surface area (Å²) in [6.07, 6.45) is 0.924. The Balaban J connectivity index is 2.42. The average molecular weight is 241 g/mol. The van der Waals surface area contributed by atoms with E-state index in [0.29, 0.717) is 17.5 Å². The summed E-state index contributed by atoms with van der Waals surface area (Å²) in [5.41, 5.74) is 0.161. The Morgan fingerprint density at radius 3 is 2.88 bits per heavy atom. The predicted octanol–water partition coefficient (Wildman–Crippen LogP) is 1.66. The van der Waals surface area contributed by atoms with Crippen LogP contribution in [0, 0.1) is 6.92 Å². The SMILES string of the molecule is Cc1[nH]ncc1N1C=C(F)C=C(C(=O)O)C1F. The molecule has 0 aliphatic carbocycles. The average Bonchev–Trinajstić information content (AvgIpc) is 2.67. The van der Waals surface area contributed by atoms with E-state index in [0.717, 1.165) is 11.1 Å². The molecule has 0 saturated carbocycles. The lowest BCUT2D eigenvalue weighted by Crippen LogP contribution is -2.34. The number of nitrogens with zero attached hydrogens (tertiary/aromatic N) is 2. The van der Waals surface area contributed by atoms with Crippen molar-refractivity contribution in [2.45, 2.75) is 13.2 Å². The van der Waals surface area contributed by atoms with Gasteiger partial charge in [0.05, 0.1) is 23.2 Å². The summed E-state index contributed by atoms with van der Waals surface area (Å²) in [7, 11) is 0. The van der Waals surface area contributed by atoms with Crippen LogP contribution in [0.1, 0.15) is 5.69 Å². The fraction of sp³-hybridized carbons (Fsp3) is 0.200. The topological polar surface area (TPSA) is 69.2 Å². The molecule has 0 aromatic carbocycles. The summed E-state index contributed by atoms with van der Waals surface area (Å²) < 4.78 is 27.1. The smallest absolute Gasteiger partial charge is 0.336 e. The van der Waals surface area contributed by atoms with Crippen LogP contribution in [-0.2, 0) is 4.79 Å². The van der Waals surface area contributed by atoms with Crippen molar-refractivity contribution in [3.63, 3.8) is 0 Å². The van der Waals surface area contributed by atoms with E-state index in [9.17, 15) is 13.6 Å². The molecule has 2 rings (SSSR count). The maximum atomic E-state index is 13.9. The zero-order valence-electron chi connectivity index (χ0n) is 8.82. The van der Waals surface area contributed by atoms with Crippen LogP contribution >= 0.6 is 0 Å². The summed E-state index contributed by atoms with van der Waals surface area (Å²) in [4.78, 5) is 11.6. The van der Waals surface area contributed by atoms with Gasteiger partial charge in [0.25, 0.3) is 0 Å². The second-order valence-electron chi connectivity index (χ2n) is 3.54. The number of halogens is 2. The minimum Gasteiger partial charge on any atom is -0.478 e. The summed E-state index contributed by atoms with van der Waals surface area (Å²) in [5.74, 6) is -2.32. The number of aromatic amines is 1. The first-order valence-electron chi connectivity index (χ1n) is 4.75. The molecule has 0 spiro atoms. The van der Waals surface area contributed by atoms with Gasteiger partial charge < -0.3 is 10.0 Å². The van der Waals surface area contributed by atoms with E-state index in [2.05, 4.69) is 10.2 Å². The van der Waals surface area contributed by atoms with Gasteiger partial charge in [-0.2, -0.15) is 5.10 Å². The van der Waals surface area contributed by atoms with Gasteiger partial charge in [0.15, 0.2) is 0 Å². The molecular formula is C10H9F2N3O2. The number of hydrogen-bond acceptors (Lipinski definition) is 3. The van der Waals surface area contributed by atoms with Gasteiger partial charge in [-0.15, -0.1) is 0 Å². The molecule has 0 bridgehead atoms. The maximum Gasteiger partial charge on any atom is 0.336 e. The fourth-order valence-electron chi connectivity index (χ4n) is 1.56. The first-order chi connectivity index (χ1) is 8.00. The largest absolute Gasteiger partial charge is 0.478 e. The van der Waals surface area contributed by atoms with Crippen molar-refractivity contribution in [2.24, 2.45) is 0 Å². The van der Waals surface area contributed by atoms with Crippen LogP contribution in [0.15, 0.2) is 29.9 Å². The molecule has 1 aromatic heterocycles. The quantitative estimate of drug-likeness (QED) is 0.772. The summed E-state index contributed by atoms with van der Waals surface area (Å²) >= 11 is 0. The number of H-pyrrole nitrogens is 1. The molecule has 0 fully saturated rings. The van der Waals surface area contributed by atoms with E-state index in [1.165, 1.54) is 6.20 Å². The third-order valence-electron chi connectivity index (χ3n) is 2.39. The zero-order chi connectivity index (χ0) is 12.6. The van der Waals surface area contributed by atoms with Gasteiger partial charge in [-0.25, -0.2) is 13.6 Å². The Labute approximate surface area is 95.0 Å². The first-order valence-corrected chi connectivity index (χ1v) is 4.75. The summed E-state index contributed by atoms with van der Waals surface area (Å²) in [6.45, 7) is 1.62. The summed E-state index contributed by atoms with van der Waals surface area (Å²) in [6, 6.07) is 0. The Kier molecular flexibility index (Phi) is 2.66. The second-order valence-corrected chi connectivity index (χ2v) is 3.54. The minimum atomic E-state index is -1.94. The van der Waals surface area contributed by atoms with Crippen LogP contribution in [0.25, 0.3) is 0 Å². The number of rotatable bonds is 2. The van der Waals surface area contributed by atoms with Gasteiger partial charge in [-0.1, -0.05) is 0 Å². The van der Waals surface area contributed by atoms with Crippen molar-refractivity contribution in [3.8, 4) is 0 Å². The Morgan fingerprint density at radius 1 is 1.65 bits per heavy atom. The molecule has 5 nitrogen and oxygen atoms in total. The molecule has 0 radical (unpaired) electrons. The lowest BCUT2D eigenvalue weighted by Gasteiger charge is -2.27. The highest BCUT2D eigenvalue weighted by Gasteiger charge is 2.31. The normalized spacial score (nSPS) is 19.9. The lowest BCUT2D eigenvalue weighted by atomic mass is 10.1. The zero-order valence-corrected chi connectivity index (χ0v) is 8.82. The highest BCUT2D eigenvalue weighted by atomic mass is 19.1. The number of nitrogens with one attached hydrogen (secondary N) is 1. The highest BCUT2D eigenvalue weighted by molar-refractivity contribution is 5.90. The number of aryl methyl sites for hydroxylation is 1. The van der Waals surface area contributed by atoms with Crippen molar-refractivity contribution < 1.29 is 18.7 Å². The minimum absolute atomic E-state index is 0.291. The van der Waals surface area contributed by atoms with E-state index in [1.807, 2.05) is 0 Å².